The van der Waals surface area contributed by atoms with Crippen LogP contribution in [0.15, 0.2) is 41.8 Å². The van der Waals surface area contributed by atoms with Gasteiger partial charge in [0.05, 0.1) is 18.0 Å². The summed E-state index contributed by atoms with van der Waals surface area (Å²) in [6, 6.07) is 4.76. The fraction of sp³-hybridized carbons (Fsp3) is 0.656. The monoisotopic (exact) mass is 1220 g/mol. The molecule has 7 amide bonds. The van der Waals surface area contributed by atoms with Crippen LogP contribution in [0.5, 0.6) is 0 Å². The molecule has 0 bridgehead atoms. The molecule has 1 saturated heterocycles. The van der Waals surface area contributed by atoms with Gasteiger partial charge in [-0.25, -0.2) is 9.78 Å². The molecule has 0 unspecified atom stereocenters. The van der Waals surface area contributed by atoms with E-state index in [2.05, 4.69) is 20.5 Å². The highest BCUT2D eigenvalue weighted by Gasteiger charge is 2.39. The third-order valence-corrected chi connectivity index (χ3v) is 17.8. The number of hydrogen-bond acceptors (Lipinski definition) is 15. The maximum Gasteiger partial charge on any atom is 0.409 e. The number of aliphatic carboxylic acids is 1. The number of nitrogens with one attached hydrogen (secondary N) is 2. The Balaban J connectivity index is 1.47. The third-order valence-electron chi connectivity index (χ3n) is 16.9. The quantitative estimate of drug-likeness (QED) is 0.0370. The number of Topliss-reactive ketones (excluding diaryl/α,β-unsaturated/α-hetero) is 3. The highest BCUT2D eigenvalue weighted by Crippen LogP contribution is 2.34. The number of benzene rings is 1. The van der Waals surface area contributed by atoms with Gasteiger partial charge in [-0.2, -0.15) is 0 Å². The number of unbranched alkanes of at least 4 members (excludes halogenated alkanes) is 3. The number of imide groups is 1. The Bertz CT molecular complexity index is 2670. The predicted molar refractivity (Wildman–Crippen MR) is 327 cm³/mol. The summed E-state index contributed by atoms with van der Waals surface area (Å²) in [6.45, 7) is 14.3. The summed E-state index contributed by atoms with van der Waals surface area (Å²) in [5.41, 5.74) is 6.76. The van der Waals surface area contributed by atoms with Crippen LogP contribution in [-0.2, 0) is 60.7 Å². The lowest BCUT2D eigenvalue weighted by molar-refractivity contribution is -0.143. The van der Waals surface area contributed by atoms with Gasteiger partial charge in [-0.3, -0.25) is 57.7 Å². The number of likely N-dealkylation sites (N-methyl/N-ethyl adjacent to an activating group) is 1. The third kappa shape index (κ3) is 22.6. The Kier molecular flexibility index (Phi) is 29.4. The van der Waals surface area contributed by atoms with Gasteiger partial charge in [-0.1, -0.05) is 98.4 Å². The molecular formula is C64H96N8O13S. The number of carbonyl (C=O) groups is 11. The van der Waals surface area contributed by atoms with Gasteiger partial charge in [-0.05, 0) is 93.8 Å². The number of hydrogen-bond donors (Lipinski definition) is 4. The fourth-order valence-corrected chi connectivity index (χ4v) is 12.0. The van der Waals surface area contributed by atoms with Gasteiger partial charge in [0, 0.05) is 108 Å². The minimum Gasteiger partial charge on any atom is -0.481 e. The molecule has 2 aliphatic heterocycles. The number of carboxylic acids is 1. The van der Waals surface area contributed by atoms with E-state index in [1.165, 1.54) is 17.1 Å². The predicted octanol–water partition coefficient (Wildman–Crippen LogP) is 7.67. The normalized spacial score (nSPS) is 17.3. The number of thiazole rings is 1. The number of rotatable bonds is 38. The first-order chi connectivity index (χ1) is 40.6. The smallest absolute Gasteiger partial charge is 0.409 e. The van der Waals surface area contributed by atoms with Gasteiger partial charge in [0.15, 0.2) is 17.7 Å². The molecule has 0 spiro atoms. The number of carbonyl (C=O) groups excluding carboxylic acids is 10. The first kappa shape index (κ1) is 71.8. The fourth-order valence-electron chi connectivity index (χ4n) is 11.2. The highest BCUT2D eigenvalue weighted by molar-refractivity contribution is 7.09. The summed E-state index contributed by atoms with van der Waals surface area (Å²) >= 11 is 1.12. The minimum absolute atomic E-state index is 0.0201. The van der Waals surface area contributed by atoms with Crippen molar-refractivity contribution >= 4 is 76.2 Å². The lowest BCUT2D eigenvalue weighted by atomic mass is 9.83. The van der Waals surface area contributed by atoms with Gasteiger partial charge < -0.3 is 36.0 Å². The van der Waals surface area contributed by atoms with Crippen molar-refractivity contribution in [1.82, 2.24) is 35.2 Å². The average Bonchev–Trinajstić information content (AvgIpc) is 3.69. The van der Waals surface area contributed by atoms with Crippen LogP contribution in [0.25, 0.3) is 0 Å². The molecule has 476 valence electrons. The van der Waals surface area contributed by atoms with E-state index in [1.54, 1.807) is 62.6 Å². The van der Waals surface area contributed by atoms with Crippen molar-refractivity contribution in [3.05, 3.63) is 63.6 Å². The second-order valence-corrected chi connectivity index (χ2v) is 25.5. The van der Waals surface area contributed by atoms with Crippen molar-refractivity contribution in [3.63, 3.8) is 0 Å². The molecule has 21 nitrogen and oxygen atoms in total. The zero-order chi connectivity index (χ0) is 63.9. The molecular weight excluding hydrogens is 1120 g/mol. The zero-order valence-corrected chi connectivity index (χ0v) is 53.4. The van der Waals surface area contributed by atoms with Crippen molar-refractivity contribution in [2.75, 3.05) is 41.3 Å². The maximum absolute atomic E-state index is 14.6. The zero-order valence-electron chi connectivity index (χ0n) is 52.6. The molecule has 2 aromatic rings. The lowest BCUT2D eigenvalue weighted by Gasteiger charge is -2.37. The van der Waals surface area contributed by atoms with E-state index in [0.717, 1.165) is 47.6 Å². The number of ketones is 3. The van der Waals surface area contributed by atoms with Crippen molar-refractivity contribution in [3.8, 4) is 0 Å². The van der Waals surface area contributed by atoms with Crippen LogP contribution in [-0.4, -0.2) is 160 Å². The number of nitrogens with zero attached hydrogens (tertiary/aromatic N) is 5. The van der Waals surface area contributed by atoms with Crippen LogP contribution in [0.1, 0.15) is 184 Å². The van der Waals surface area contributed by atoms with Crippen LogP contribution in [0, 0.1) is 35.5 Å². The van der Waals surface area contributed by atoms with Gasteiger partial charge in [-0.15, -0.1) is 11.3 Å². The minimum atomic E-state index is -1.05. The number of ether oxygens (including phenoxy) is 1. The Labute approximate surface area is 512 Å². The topological polar surface area (TPSA) is 293 Å². The number of piperidine rings is 1. The van der Waals surface area contributed by atoms with Crippen molar-refractivity contribution < 1.29 is 62.6 Å². The van der Waals surface area contributed by atoms with Crippen LogP contribution in [0.2, 0.25) is 0 Å². The molecule has 0 saturated carbocycles. The number of amides is 7. The molecule has 9 atom stereocenters. The number of nitrogens with two attached hydrogens (primary N) is 1. The second-order valence-electron chi connectivity index (χ2n) is 24.6. The highest BCUT2D eigenvalue weighted by atomic mass is 32.1. The molecule has 0 radical (unpaired) electrons. The molecule has 3 heterocycles. The molecule has 5 N–H and O–H groups in total. The summed E-state index contributed by atoms with van der Waals surface area (Å²) in [7, 11) is 6.78. The number of aromatic nitrogens is 1. The van der Waals surface area contributed by atoms with Crippen LogP contribution in [0.3, 0.4) is 0 Å². The summed E-state index contributed by atoms with van der Waals surface area (Å²) in [4.78, 5) is 155. The van der Waals surface area contributed by atoms with E-state index >= 15 is 0 Å². The average molecular weight is 1220 g/mol. The van der Waals surface area contributed by atoms with Gasteiger partial charge in [0.2, 0.25) is 17.7 Å². The van der Waals surface area contributed by atoms with Crippen molar-refractivity contribution in [2.24, 2.45) is 41.2 Å². The van der Waals surface area contributed by atoms with Crippen LogP contribution in [0.4, 0.5) is 4.79 Å². The largest absolute Gasteiger partial charge is 0.481 e. The van der Waals surface area contributed by atoms with E-state index < -0.39 is 71.8 Å². The maximum atomic E-state index is 14.6. The van der Waals surface area contributed by atoms with Gasteiger partial charge >= 0.3 is 12.1 Å². The first-order valence-electron chi connectivity index (χ1n) is 30.7. The van der Waals surface area contributed by atoms with E-state index in [1.807, 2.05) is 48.6 Å². The van der Waals surface area contributed by atoms with Crippen molar-refractivity contribution in [1.29, 1.82) is 0 Å². The summed E-state index contributed by atoms with van der Waals surface area (Å²) in [5, 5.41) is 17.7. The van der Waals surface area contributed by atoms with E-state index in [-0.39, 0.29) is 129 Å². The standard InChI is InChI=1S/C64H96N8O13S/c1-12-41(6)48(36-54(75)51-22-17-19-30-70(51)10)62(81)71(11)52(40(4)5)37-55(85-64(84)69(8)9)61-68-50(38-86-61)60(80)66-45(32-42(7)63(82)83)33-43-24-26-44(27-25-43)34-53(74)49(21-15-16-23-56(65)76)67-59(79)47(39(2)3)35-46(73)20-14-13-18-31-72-57(77)28-29-58(72)78/h24-29,38-42,45,47-49,51-52,55H,12-23,30-37H2,1-11H3,(H2,65,76)(H,66,80)(H,67,79)(H,82,83)/t41-,42-,45+,47-,48-,49-,51+,52+,55+/m0/s1. The lowest BCUT2D eigenvalue weighted by Crippen LogP contribution is -2.48. The summed E-state index contributed by atoms with van der Waals surface area (Å²) < 4.78 is 6.04. The number of carboxylic acid groups (broad SMARTS) is 1. The molecule has 1 aromatic heterocycles. The van der Waals surface area contributed by atoms with Crippen molar-refractivity contribution in [2.45, 2.75) is 194 Å². The molecule has 2 aliphatic rings. The Morgan fingerprint density at radius 3 is 2.06 bits per heavy atom. The Hall–Kier alpha value is -6.68. The SMILES string of the molecule is CC[C@H](C)[C@H](CC(=O)[C@H]1CCCCN1C)C(=O)N(C)[C@H](C[C@@H](OC(=O)N(C)C)c1nc(C(=O)N[C@@H](Cc2ccc(CC(=O)[C@H](CCCCC(N)=O)NC(=O)[C@@H](CC(=O)CCCCCN3C(=O)C=CC3=O)C(C)C)cc2)C[C@H](C)C(=O)O)cs1)C(C)C. The number of likely N-dealkylation sites (tertiary alicyclic amines) is 1. The second kappa shape index (κ2) is 35.2. The molecule has 4 rings (SSSR count). The number of primary amides is 1. The van der Waals surface area contributed by atoms with Crippen LogP contribution < -0.4 is 16.4 Å². The summed E-state index contributed by atoms with van der Waals surface area (Å²) in [6.07, 6.45) is 7.79. The first-order valence-corrected chi connectivity index (χ1v) is 31.6. The Morgan fingerprint density at radius 2 is 1.47 bits per heavy atom. The van der Waals surface area contributed by atoms with E-state index in [9.17, 15) is 57.8 Å². The van der Waals surface area contributed by atoms with Crippen LogP contribution >= 0.6 is 11.3 Å². The van der Waals surface area contributed by atoms with Gasteiger partial charge in [0.1, 0.15) is 16.5 Å². The molecule has 0 aliphatic carbocycles. The van der Waals surface area contributed by atoms with E-state index in [0.29, 0.717) is 49.1 Å². The molecule has 1 fully saturated rings. The molecule has 1 aromatic carbocycles. The molecule has 22 heteroatoms. The molecule has 86 heavy (non-hydrogen) atoms. The van der Waals surface area contributed by atoms with E-state index in [4.69, 9.17) is 10.5 Å². The summed E-state index contributed by atoms with van der Waals surface area (Å²) in [5.74, 6) is -6.32. The Morgan fingerprint density at radius 1 is 0.814 bits per heavy atom. The van der Waals surface area contributed by atoms with Gasteiger partial charge in [0.25, 0.3) is 17.7 Å².